The number of primary amides is 1. The number of amides is 7. The highest BCUT2D eigenvalue weighted by Gasteiger charge is 2.44. The van der Waals surface area contributed by atoms with Gasteiger partial charge in [0.2, 0.25) is 23.6 Å². The van der Waals surface area contributed by atoms with Crippen LogP contribution in [0.15, 0.2) is 24.3 Å². The van der Waals surface area contributed by atoms with Crippen molar-refractivity contribution in [3.8, 4) is 0 Å². The zero-order valence-corrected chi connectivity index (χ0v) is 35.0. The molecular formula is C42H68N6O8. The second-order valence-electron chi connectivity index (χ2n) is 17.6. The van der Waals surface area contributed by atoms with Gasteiger partial charge in [-0.05, 0) is 73.0 Å². The molecule has 14 nitrogen and oxygen atoms in total. The third-order valence-corrected chi connectivity index (χ3v) is 9.97. The maximum absolute atomic E-state index is 13.6. The molecule has 1 aromatic carbocycles. The predicted molar refractivity (Wildman–Crippen MR) is 216 cm³/mol. The first-order valence-electron chi connectivity index (χ1n) is 20.2. The van der Waals surface area contributed by atoms with Gasteiger partial charge >= 0.3 is 12.1 Å². The van der Waals surface area contributed by atoms with Crippen LogP contribution in [-0.4, -0.2) is 72.1 Å². The van der Waals surface area contributed by atoms with E-state index >= 15 is 0 Å². The van der Waals surface area contributed by atoms with Crippen molar-refractivity contribution in [2.75, 3.05) is 25.0 Å². The highest BCUT2D eigenvalue weighted by molar-refractivity contribution is 6.04. The number of hydrogen-bond donors (Lipinski definition) is 5. The number of carbonyl (C=O) groups excluding carboxylic acids is 7. The SMILES string of the molecule is CC(C)[C@H](NC(=O)CCCCCN1C(=O)CC(C(C)(C)C)C1=O)C(=O)C[C@@H](CCCNC(N)=O)C(=O)Nc1ccc(COC(=O)NCCCCC(C)(C)C)cc1. The zero-order valence-electron chi connectivity index (χ0n) is 35.0. The fourth-order valence-corrected chi connectivity index (χ4v) is 6.55. The summed E-state index contributed by atoms with van der Waals surface area (Å²) < 4.78 is 5.32. The van der Waals surface area contributed by atoms with Gasteiger partial charge in [-0.15, -0.1) is 0 Å². The minimum atomic E-state index is -0.810. The summed E-state index contributed by atoms with van der Waals surface area (Å²) in [6.45, 7) is 17.2. The van der Waals surface area contributed by atoms with Crippen LogP contribution in [0, 0.1) is 28.6 Å². The fraction of sp³-hybridized carbons (Fsp3) is 0.690. The summed E-state index contributed by atoms with van der Waals surface area (Å²) in [5.41, 5.74) is 6.39. The van der Waals surface area contributed by atoms with Crippen molar-refractivity contribution in [1.82, 2.24) is 20.9 Å². The number of unbranched alkanes of at least 4 members (excludes halogenated alkanes) is 3. The van der Waals surface area contributed by atoms with Crippen molar-refractivity contribution in [3.05, 3.63) is 29.8 Å². The van der Waals surface area contributed by atoms with Gasteiger partial charge in [0.05, 0.1) is 12.0 Å². The maximum atomic E-state index is 13.6. The third-order valence-electron chi connectivity index (χ3n) is 9.97. The Bertz CT molecular complexity index is 1480. The van der Waals surface area contributed by atoms with E-state index in [4.69, 9.17) is 10.5 Å². The van der Waals surface area contributed by atoms with Gasteiger partial charge < -0.3 is 31.7 Å². The van der Waals surface area contributed by atoms with Gasteiger partial charge in [0.1, 0.15) is 6.61 Å². The summed E-state index contributed by atoms with van der Waals surface area (Å²) in [6, 6.07) is 5.36. The van der Waals surface area contributed by atoms with E-state index in [0.29, 0.717) is 44.5 Å². The van der Waals surface area contributed by atoms with Crippen LogP contribution in [0.1, 0.15) is 132 Å². The number of likely N-dealkylation sites (tertiary alicyclic amines) is 1. The van der Waals surface area contributed by atoms with Crippen molar-refractivity contribution in [2.45, 2.75) is 139 Å². The average molecular weight is 785 g/mol. The first-order valence-corrected chi connectivity index (χ1v) is 20.2. The first kappa shape index (κ1) is 47.7. The smallest absolute Gasteiger partial charge is 0.407 e. The Morgan fingerprint density at radius 2 is 1.54 bits per heavy atom. The molecule has 1 saturated heterocycles. The number of ketones is 1. The highest BCUT2D eigenvalue weighted by Crippen LogP contribution is 2.35. The molecule has 1 heterocycles. The van der Waals surface area contributed by atoms with Crippen molar-refractivity contribution < 1.29 is 38.3 Å². The summed E-state index contributed by atoms with van der Waals surface area (Å²) in [7, 11) is 0. The second kappa shape index (κ2) is 22.9. The van der Waals surface area contributed by atoms with Gasteiger partial charge in [0.25, 0.3) is 0 Å². The largest absolute Gasteiger partial charge is 0.445 e. The molecular weight excluding hydrogens is 716 g/mol. The lowest BCUT2D eigenvalue weighted by Crippen LogP contribution is -2.45. The van der Waals surface area contributed by atoms with Gasteiger partial charge in [0, 0.05) is 50.5 Å². The number of anilines is 1. The maximum Gasteiger partial charge on any atom is 0.407 e. The molecule has 0 aromatic heterocycles. The summed E-state index contributed by atoms with van der Waals surface area (Å²) >= 11 is 0. The molecule has 0 spiro atoms. The van der Waals surface area contributed by atoms with E-state index in [0.717, 1.165) is 24.8 Å². The number of urea groups is 1. The lowest BCUT2D eigenvalue weighted by Gasteiger charge is -2.25. The molecule has 6 N–H and O–H groups in total. The Morgan fingerprint density at radius 1 is 0.875 bits per heavy atom. The topological polar surface area (TPSA) is 206 Å². The van der Waals surface area contributed by atoms with Crippen LogP contribution in [0.3, 0.4) is 0 Å². The lowest BCUT2D eigenvalue weighted by atomic mass is 9.80. The molecule has 0 aliphatic carbocycles. The molecule has 0 saturated carbocycles. The van der Waals surface area contributed by atoms with Crippen molar-refractivity contribution in [3.63, 3.8) is 0 Å². The van der Waals surface area contributed by atoms with E-state index < -0.39 is 24.1 Å². The van der Waals surface area contributed by atoms with Crippen molar-refractivity contribution >= 4 is 47.2 Å². The van der Waals surface area contributed by atoms with E-state index in [-0.39, 0.29) is 90.9 Å². The van der Waals surface area contributed by atoms with Crippen LogP contribution in [0.2, 0.25) is 0 Å². The Hall–Kier alpha value is -4.49. The predicted octanol–water partition coefficient (Wildman–Crippen LogP) is 6.21. The standard InChI is InChI=1S/C42H68N6O8/c1-28(2)36(47-34(50)16-10-9-13-24-48-35(51)26-32(38(48)53)42(6,7)8)33(49)25-30(15-14-23-44-39(43)54)37(52)46-31-19-17-29(18-20-31)27-56-40(55)45-22-12-11-21-41(3,4)5/h17-20,28,30,32,36H,9-16,21-27H2,1-8H3,(H,45,55)(H,46,52)(H,47,50)(H3,43,44,54)/t30-,32?,36+/m1/s1. The molecule has 0 radical (unpaired) electrons. The molecule has 56 heavy (non-hydrogen) atoms. The second-order valence-corrected chi connectivity index (χ2v) is 17.6. The lowest BCUT2D eigenvalue weighted by molar-refractivity contribution is -0.140. The number of imide groups is 1. The number of hydrogen-bond acceptors (Lipinski definition) is 8. The summed E-state index contributed by atoms with van der Waals surface area (Å²) in [5.74, 6) is -2.54. The van der Waals surface area contributed by atoms with E-state index in [9.17, 15) is 33.6 Å². The first-order chi connectivity index (χ1) is 26.2. The summed E-state index contributed by atoms with van der Waals surface area (Å²) in [5, 5.41) is 11.0. The van der Waals surface area contributed by atoms with Gasteiger partial charge in [-0.1, -0.05) is 80.4 Å². The Morgan fingerprint density at radius 3 is 2.12 bits per heavy atom. The Labute approximate surface area is 333 Å². The average Bonchev–Trinajstić information content (AvgIpc) is 3.39. The van der Waals surface area contributed by atoms with Crippen LogP contribution >= 0.6 is 0 Å². The number of carbonyl (C=O) groups is 7. The molecule has 1 unspecified atom stereocenters. The number of benzene rings is 1. The molecule has 14 heteroatoms. The van der Waals surface area contributed by atoms with Gasteiger partial charge in [0.15, 0.2) is 5.78 Å². The van der Waals surface area contributed by atoms with Crippen LogP contribution in [0.25, 0.3) is 0 Å². The Kier molecular flexibility index (Phi) is 19.5. The monoisotopic (exact) mass is 785 g/mol. The molecule has 2 rings (SSSR count). The molecule has 0 bridgehead atoms. The van der Waals surface area contributed by atoms with Gasteiger partial charge in [-0.25, -0.2) is 9.59 Å². The molecule has 1 aliphatic rings. The summed E-state index contributed by atoms with van der Waals surface area (Å²) in [4.78, 5) is 89.9. The number of rotatable bonds is 23. The number of alkyl carbamates (subject to hydrolysis) is 1. The normalized spacial score (nSPS) is 15.7. The van der Waals surface area contributed by atoms with Crippen LogP contribution in [0.4, 0.5) is 15.3 Å². The number of nitrogens with two attached hydrogens (primary N) is 1. The van der Waals surface area contributed by atoms with E-state index in [1.807, 2.05) is 34.6 Å². The fourth-order valence-electron chi connectivity index (χ4n) is 6.55. The zero-order chi connectivity index (χ0) is 42.1. The van der Waals surface area contributed by atoms with Crippen molar-refractivity contribution in [1.29, 1.82) is 0 Å². The molecule has 1 aliphatic heterocycles. The minimum Gasteiger partial charge on any atom is -0.445 e. The van der Waals surface area contributed by atoms with Crippen molar-refractivity contribution in [2.24, 2.45) is 34.3 Å². The minimum absolute atomic E-state index is 0.0625. The molecule has 7 amide bonds. The number of Topliss-reactive ketones (excluding diaryl/α,β-unsaturated/α-hetero) is 1. The van der Waals surface area contributed by atoms with Crippen LogP contribution in [-0.2, 0) is 35.3 Å². The molecule has 314 valence electrons. The number of nitrogens with zero attached hydrogens (tertiary/aromatic N) is 1. The molecule has 1 aromatic rings. The molecule has 1 fully saturated rings. The third kappa shape index (κ3) is 18.0. The van der Waals surface area contributed by atoms with E-state index in [2.05, 4.69) is 42.0 Å². The van der Waals surface area contributed by atoms with Crippen LogP contribution < -0.4 is 27.0 Å². The van der Waals surface area contributed by atoms with E-state index in [1.165, 1.54) is 4.90 Å². The number of ether oxygens (including phenoxy) is 1. The van der Waals surface area contributed by atoms with E-state index in [1.54, 1.807) is 24.3 Å². The van der Waals surface area contributed by atoms with Gasteiger partial charge in [-0.2, -0.15) is 0 Å². The van der Waals surface area contributed by atoms with Gasteiger partial charge in [-0.3, -0.25) is 28.9 Å². The summed E-state index contributed by atoms with van der Waals surface area (Å²) in [6.07, 6.45) is 5.17. The van der Waals surface area contributed by atoms with Crippen LogP contribution in [0.5, 0.6) is 0 Å². The quantitative estimate of drug-likeness (QED) is 0.0635. The molecule has 3 atom stereocenters. The number of nitrogens with one attached hydrogen (secondary N) is 4. The Balaban J connectivity index is 1.90. The highest BCUT2D eigenvalue weighted by atomic mass is 16.5.